The number of hydrogen-bond acceptors (Lipinski definition) is 4. The lowest BCUT2D eigenvalue weighted by Crippen LogP contribution is -2.50. The number of rotatable bonds is 3. The van der Waals surface area contributed by atoms with Gasteiger partial charge in [0.2, 0.25) is 0 Å². The van der Waals surface area contributed by atoms with E-state index in [1.165, 1.54) is 11.3 Å². The Morgan fingerprint density at radius 3 is 3.00 bits per heavy atom. The molecule has 0 bridgehead atoms. The number of hydrogen-bond donors (Lipinski definition) is 1. The van der Waals surface area contributed by atoms with E-state index in [0.29, 0.717) is 6.04 Å². The summed E-state index contributed by atoms with van der Waals surface area (Å²) in [5, 5.41) is 3.21. The van der Waals surface area contributed by atoms with Crippen LogP contribution in [0.2, 0.25) is 0 Å². The van der Waals surface area contributed by atoms with E-state index < -0.39 is 0 Å². The maximum atomic E-state index is 4.22. The highest BCUT2D eigenvalue weighted by molar-refractivity contribution is 5.52. The van der Waals surface area contributed by atoms with E-state index in [2.05, 4.69) is 40.1 Å². The summed E-state index contributed by atoms with van der Waals surface area (Å²) >= 11 is 0. The Morgan fingerprint density at radius 1 is 1.47 bits per heavy atom. The molecule has 1 saturated heterocycles. The van der Waals surface area contributed by atoms with Crippen molar-refractivity contribution in [3.05, 3.63) is 24.0 Å². The second kappa shape index (κ2) is 5.47. The zero-order chi connectivity index (χ0) is 12.3. The predicted octanol–water partition coefficient (Wildman–Crippen LogP) is 0.941. The number of piperazine rings is 1. The van der Waals surface area contributed by atoms with Crippen molar-refractivity contribution in [1.29, 1.82) is 0 Å². The minimum absolute atomic E-state index is 0.611. The molecule has 2 rings (SSSR count). The van der Waals surface area contributed by atoms with Crippen molar-refractivity contribution < 1.29 is 0 Å². The van der Waals surface area contributed by atoms with Crippen LogP contribution in [0.4, 0.5) is 5.69 Å². The molecule has 1 aliphatic rings. The molecule has 0 amide bonds. The molecule has 0 radical (unpaired) electrons. The first-order valence-electron chi connectivity index (χ1n) is 6.25. The number of nitrogens with one attached hydrogen (secondary N) is 1. The molecule has 1 aliphatic heterocycles. The molecule has 1 atom stereocenters. The zero-order valence-electron chi connectivity index (χ0n) is 11.0. The second-order valence-corrected chi connectivity index (χ2v) is 4.81. The molecule has 0 saturated carbocycles. The van der Waals surface area contributed by atoms with Crippen molar-refractivity contribution in [3.8, 4) is 0 Å². The lowest BCUT2D eigenvalue weighted by atomic mass is 10.1. The SMILES string of the molecule is CNCc1cnccc1N1CCN(C)C(C)C1. The summed E-state index contributed by atoms with van der Waals surface area (Å²) in [6, 6.07) is 2.74. The van der Waals surface area contributed by atoms with Crippen molar-refractivity contribution in [2.24, 2.45) is 0 Å². The molecule has 1 aromatic heterocycles. The van der Waals surface area contributed by atoms with Crippen LogP contribution in [0.15, 0.2) is 18.5 Å². The lowest BCUT2D eigenvalue weighted by molar-refractivity contribution is 0.234. The molecule has 4 nitrogen and oxygen atoms in total. The molecule has 1 aromatic rings. The third-order valence-electron chi connectivity index (χ3n) is 3.55. The summed E-state index contributed by atoms with van der Waals surface area (Å²) in [5.74, 6) is 0. The average molecular weight is 234 g/mol. The van der Waals surface area contributed by atoms with Gasteiger partial charge in [-0.1, -0.05) is 0 Å². The largest absolute Gasteiger partial charge is 0.368 e. The summed E-state index contributed by atoms with van der Waals surface area (Å²) in [7, 11) is 4.17. The highest BCUT2D eigenvalue weighted by Gasteiger charge is 2.22. The Kier molecular flexibility index (Phi) is 3.97. The lowest BCUT2D eigenvalue weighted by Gasteiger charge is -2.39. The molecule has 1 unspecified atom stereocenters. The van der Waals surface area contributed by atoms with Crippen LogP contribution in [0.25, 0.3) is 0 Å². The number of nitrogens with zero attached hydrogens (tertiary/aromatic N) is 3. The van der Waals surface area contributed by atoms with Crippen LogP contribution in [0.1, 0.15) is 12.5 Å². The Balaban J connectivity index is 2.16. The molecule has 94 valence electrons. The first kappa shape index (κ1) is 12.3. The third kappa shape index (κ3) is 2.76. The first-order valence-corrected chi connectivity index (χ1v) is 6.25. The summed E-state index contributed by atoms with van der Waals surface area (Å²) < 4.78 is 0. The molecule has 4 heteroatoms. The normalized spacial score (nSPS) is 21.8. The second-order valence-electron chi connectivity index (χ2n) is 4.81. The van der Waals surface area contributed by atoms with Crippen LogP contribution < -0.4 is 10.2 Å². The van der Waals surface area contributed by atoms with Gasteiger partial charge in [-0.15, -0.1) is 0 Å². The van der Waals surface area contributed by atoms with Gasteiger partial charge in [0.25, 0.3) is 0 Å². The molecular formula is C13H22N4. The summed E-state index contributed by atoms with van der Waals surface area (Å²) in [4.78, 5) is 9.10. The first-order chi connectivity index (χ1) is 8.22. The number of anilines is 1. The highest BCUT2D eigenvalue weighted by atomic mass is 15.3. The fourth-order valence-electron chi connectivity index (χ4n) is 2.32. The van der Waals surface area contributed by atoms with Crippen LogP contribution in [0, 0.1) is 0 Å². The highest BCUT2D eigenvalue weighted by Crippen LogP contribution is 2.22. The minimum Gasteiger partial charge on any atom is -0.368 e. The molecule has 0 aliphatic carbocycles. The van der Waals surface area contributed by atoms with E-state index in [4.69, 9.17) is 0 Å². The van der Waals surface area contributed by atoms with Gasteiger partial charge < -0.3 is 15.1 Å². The van der Waals surface area contributed by atoms with Crippen LogP contribution >= 0.6 is 0 Å². The molecule has 17 heavy (non-hydrogen) atoms. The Hall–Kier alpha value is -1.13. The fraction of sp³-hybridized carbons (Fsp3) is 0.615. The van der Waals surface area contributed by atoms with Gasteiger partial charge in [-0.25, -0.2) is 0 Å². The van der Waals surface area contributed by atoms with Crippen molar-refractivity contribution in [2.75, 3.05) is 38.6 Å². The third-order valence-corrected chi connectivity index (χ3v) is 3.55. The van der Waals surface area contributed by atoms with E-state index in [-0.39, 0.29) is 0 Å². The Labute approximate surface area is 104 Å². The molecule has 0 aromatic carbocycles. The van der Waals surface area contributed by atoms with Crippen molar-refractivity contribution in [1.82, 2.24) is 15.2 Å². The molecule has 0 spiro atoms. The molecule has 1 fully saturated rings. The molecule has 1 N–H and O–H groups in total. The monoisotopic (exact) mass is 234 g/mol. The van der Waals surface area contributed by atoms with Crippen LogP contribution in [-0.2, 0) is 6.54 Å². The van der Waals surface area contributed by atoms with E-state index in [1.807, 2.05) is 19.4 Å². The van der Waals surface area contributed by atoms with E-state index in [1.54, 1.807) is 0 Å². The Bertz CT molecular complexity index is 366. The van der Waals surface area contributed by atoms with Crippen LogP contribution in [-0.4, -0.2) is 49.7 Å². The standard InChI is InChI=1S/C13H22N4/c1-11-10-17(7-6-16(11)3)13-4-5-15-9-12(13)8-14-2/h4-5,9,11,14H,6-8,10H2,1-3H3. The zero-order valence-corrected chi connectivity index (χ0v) is 11.0. The smallest absolute Gasteiger partial charge is 0.0443 e. The topological polar surface area (TPSA) is 31.4 Å². The number of pyridine rings is 1. The number of likely N-dealkylation sites (N-methyl/N-ethyl adjacent to an activating group) is 1. The van der Waals surface area contributed by atoms with Crippen LogP contribution in [0.3, 0.4) is 0 Å². The van der Waals surface area contributed by atoms with Gasteiger partial charge >= 0.3 is 0 Å². The molecule has 2 heterocycles. The van der Waals surface area contributed by atoms with Gasteiger partial charge in [0, 0.05) is 55.9 Å². The summed E-state index contributed by atoms with van der Waals surface area (Å²) in [6.45, 7) is 6.48. The van der Waals surface area contributed by atoms with Gasteiger partial charge in [-0.05, 0) is 27.1 Å². The van der Waals surface area contributed by atoms with Gasteiger partial charge in [-0.2, -0.15) is 0 Å². The van der Waals surface area contributed by atoms with Crippen molar-refractivity contribution in [2.45, 2.75) is 19.5 Å². The average Bonchev–Trinajstić information content (AvgIpc) is 2.34. The fourth-order valence-corrected chi connectivity index (χ4v) is 2.32. The quantitative estimate of drug-likeness (QED) is 0.843. The van der Waals surface area contributed by atoms with E-state index >= 15 is 0 Å². The van der Waals surface area contributed by atoms with Gasteiger partial charge in [0.15, 0.2) is 0 Å². The summed E-state index contributed by atoms with van der Waals surface area (Å²) in [5.41, 5.74) is 2.61. The maximum Gasteiger partial charge on any atom is 0.0443 e. The molecular weight excluding hydrogens is 212 g/mol. The summed E-state index contributed by atoms with van der Waals surface area (Å²) in [6.07, 6.45) is 3.85. The number of aromatic nitrogens is 1. The van der Waals surface area contributed by atoms with Crippen molar-refractivity contribution >= 4 is 5.69 Å². The van der Waals surface area contributed by atoms with E-state index in [9.17, 15) is 0 Å². The van der Waals surface area contributed by atoms with Gasteiger partial charge in [-0.3, -0.25) is 4.98 Å². The van der Waals surface area contributed by atoms with Gasteiger partial charge in [0.1, 0.15) is 0 Å². The van der Waals surface area contributed by atoms with Gasteiger partial charge in [0.05, 0.1) is 0 Å². The van der Waals surface area contributed by atoms with E-state index in [0.717, 1.165) is 26.2 Å². The van der Waals surface area contributed by atoms with Crippen LogP contribution in [0.5, 0.6) is 0 Å². The Morgan fingerprint density at radius 2 is 2.29 bits per heavy atom. The van der Waals surface area contributed by atoms with Crippen molar-refractivity contribution in [3.63, 3.8) is 0 Å². The maximum absolute atomic E-state index is 4.22. The predicted molar refractivity (Wildman–Crippen MR) is 71.3 cm³/mol. The minimum atomic E-state index is 0.611.